The fourth-order valence-corrected chi connectivity index (χ4v) is 6.02. The van der Waals surface area contributed by atoms with Gasteiger partial charge in [-0.3, -0.25) is 14.1 Å². The summed E-state index contributed by atoms with van der Waals surface area (Å²) in [6.45, 7) is 3.66. The van der Waals surface area contributed by atoms with Crippen LogP contribution in [-0.4, -0.2) is 41.0 Å². The van der Waals surface area contributed by atoms with Crippen LogP contribution in [0.5, 0.6) is 0 Å². The topological polar surface area (TPSA) is 119 Å². The summed E-state index contributed by atoms with van der Waals surface area (Å²) >= 11 is 0. The zero-order valence-electron chi connectivity index (χ0n) is 31.6. The third kappa shape index (κ3) is 39.2. The second kappa shape index (κ2) is 36.3. The molecule has 0 unspecified atom stereocenters. The van der Waals surface area contributed by atoms with Gasteiger partial charge < -0.3 is 19.3 Å². The first-order valence-corrected chi connectivity index (χ1v) is 21.7. The number of rotatable bonds is 37. The number of carbonyl (C=O) groups is 2. The molecule has 0 bridgehead atoms. The first-order chi connectivity index (χ1) is 23.8. The van der Waals surface area contributed by atoms with E-state index in [2.05, 4.69) is 42.7 Å². The van der Waals surface area contributed by atoms with Crippen LogP contribution in [0.4, 0.5) is 0 Å². The monoisotopic (exact) mass is 715 g/mol. The molecule has 9 heteroatoms. The lowest BCUT2D eigenvalue weighted by atomic mass is 10.1. The minimum Gasteiger partial charge on any atom is -0.462 e. The molecule has 0 aliphatic rings. The van der Waals surface area contributed by atoms with Gasteiger partial charge in [0.15, 0.2) is 6.10 Å². The molecule has 0 aromatic heterocycles. The van der Waals surface area contributed by atoms with Crippen molar-refractivity contribution in [3.8, 4) is 0 Å². The number of hydrogen-bond acceptors (Lipinski definition) is 6. The van der Waals surface area contributed by atoms with Crippen molar-refractivity contribution < 1.29 is 37.9 Å². The molecule has 0 aliphatic heterocycles. The average molecular weight is 715 g/mol. The quantitative estimate of drug-likeness (QED) is 0.0282. The van der Waals surface area contributed by atoms with Crippen LogP contribution < -0.4 is 0 Å². The highest BCUT2D eigenvalue weighted by Crippen LogP contribution is 2.36. The summed E-state index contributed by atoms with van der Waals surface area (Å²) in [5.74, 6) is -0.895. The molecule has 0 rings (SSSR count). The molecule has 0 amide bonds. The van der Waals surface area contributed by atoms with Crippen LogP contribution >= 0.6 is 7.82 Å². The highest BCUT2D eigenvalue weighted by atomic mass is 31.2. The second-order valence-corrected chi connectivity index (χ2v) is 14.8. The molecule has 1 atom stereocenters. The van der Waals surface area contributed by atoms with E-state index in [1.807, 2.05) is 0 Å². The molecule has 0 saturated heterocycles. The molecule has 0 radical (unpaired) electrons. The van der Waals surface area contributed by atoms with Crippen molar-refractivity contribution in [2.24, 2.45) is 0 Å². The lowest BCUT2D eigenvalue weighted by Gasteiger charge is -2.18. The Morgan fingerprint density at radius 1 is 0.510 bits per heavy atom. The number of unbranched alkanes of at least 4 members (excludes halogenated alkanes) is 23. The van der Waals surface area contributed by atoms with Gasteiger partial charge >= 0.3 is 19.8 Å². The van der Waals surface area contributed by atoms with E-state index in [4.69, 9.17) is 19.3 Å². The molecule has 49 heavy (non-hydrogen) atoms. The number of phosphoric acid groups is 1. The Morgan fingerprint density at radius 3 is 1.24 bits per heavy atom. The number of esters is 2. The van der Waals surface area contributed by atoms with Gasteiger partial charge in [-0.15, -0.1) is 0 Å². The van der Waals surface area contributed by atoms with E-state index in [1.54, 1.807) is 0 Å². The van der Waals surface area contributed by atoms with Crippen molar-refractivity contribution in [2.45, 2.75) is 206 Å². The number of ether oxygens (including phenoxy) is 2. The van der Waals surface area contributed by atoms with Crippen molar-refractivity contribution in [1.29, 1.82) is 0 Å². The fourth-order valence-electron chi connectivity index (χ4n) is 5.66. The summed E-state index contributed by atoms with van der Waals surface area (Å²) in [6, 6.07) is 0. The van der Waals surface area contributed by atoms with Gasteiger partial charge in [-0.05, 0) is 64.2 Å². The van der Waals surface area contributed by atoms with Crippen LogP contribution in [0.15, 0.2) is 24.3 Å². The predicted molar refractivity (Wildman–Crippen MR) is 202 cm³/mol. The third-order valence-electron chi connectivity index (χ3n) is 8.69. The van der Waals surface area contributed by atoms with Crippen molar-refractivity contribution in [1.82, 2.24) is 0 Å². The van der Waals surface area contributed by atoms with Crippen LogP contribution in [0.25, 0.3) is 0 Å². The molecular weight excluding hydrogens is 639 g/mol. The molecule has 0 heterocycles. The van der Waals surface area contributed by atoms with Crippen LogP contribution in [0.1, 0.15) is 200 Å². The Bertz CT molecular complexity index is 853. The second-order valence-electron chi connectivity index (χ2n) is 13.6. The van der Waals surface area contributed by atoms with Crippen LogP contribution in [0.3, 0.4) is 0 Å². The van der Waals surface area contributed by atoms with E-state index >= 15 is 0 Å². The van der Waals surface area contributed by atoms with Crippen LogP contribution in [0.2, 0.25) is 0 Å². The Balaban J connectivity index is 3.93. The normalized spacial score (nSPS) is 12.7. The number of allylic oxidation sites excluding steroid dienone is 4. The van der Waals surface area contributed by atoms with Gasteiger partial charge in [0.05, 0.1) is 6.61 Å². The van der Waals surface area contributed by atoms with E-state index < -0.39 is 32.5 Å². The molecule has 0 saturated carbocycles. The summed E-state index contributed by atoms with van der Waals surface area (Å²) in [4.78, 5) is 42.8. The van der Waals surface area contributed by atoms with Crippen LogP contribution in [-0.2, 0) is 28.2 Å². The molecular formula is C40H75O8P. The number of phosphoric ester groups is 1. The standard InChI is InChI=1S/C40H75O8P/c1-3-5-7-9-11-13-15-17-19-20-21-23-24-26-28-30-32-34-39(41)46-36-38(37-47-49(43,44)45)48-40(42)35-33-31-29-27-25-22-18-16-14-12-10-8-6-4-2/h16-19,38H,3-15,20-37H2,1-2H3,(H2,43,44,45)/b18-16-,19-17-/t38-/m1/s1. The summed E-state index contributed by atoms with van der Waals surface area (Å²) in [7, 11) is -4.75. The summed E-state index contributed by atoms with van der Waals surface area (Å²) < 4.78 is 26.3. The van der Waals surface area contributed by atoms with Crippen molar-refractivity contribution in [2.75, 3.05) is 13.2 Å². The lowest BCUT2D eigenvalue weighted by Crippen LogP contribution is -2.29. The average Bonchev–Trinajstić information content (AvgIpc) is 3.07. The fraction of sp³-hybridized carbons (Fsp3) is 0.850. The molecule has 288 valence electrons. The van der Waals surface area contributed by atoms with Crippen LogP contribution in [0, 0.1) is 0 Å². The van der Waals surface area contributed by atoms with Gasteiger partial charge in [0.2, 0.25) is 0 Å². The first-order valence-electron chi connectivity index (χ1n) is 20.1. The minimum atomic E-state index is -4.75. The maximum atomic E-state index is 12.4. The van der Waals surface area contributed by atoms with Crippen molar-refractivity contribution in [3.05, 3.63) is 24.3 Å². The molecule has 0 aromatic carbocycles. The van der Waals surface area contributed by atoms with Gasteiger partial charge in [0, 0.05) is 12.8 Å². The number of hydrogen-bond donors (Lipinski definition) is 2. The van der Waals surface area contributed by atoms with Gasteiger partial charge in [0.1, 0.15) is 6.61 Å². The zero-order chi connectivity index (χ0) is 36.1. The lowest BCUT2D eigenvalue weighted by molar-refractivity contribution is -0.161. The molecule has 8 nitrogen and oxygen atoms in total. The third-order valence-corrected chi connectivity index (χ3v) is 9.18. The van der Waals surface area contributed by atoms with E-state index in [9.17, 15) is 14.2 Å². The predicted octanol–water partition coefficient (Wildman–Crippen LogP) is 12.0. The highest BCUT2D eigenvalue weighted by Gasteiger charge is 2.22. The summed E-state index contributed by atoms with van der Waals surface area (Å²) in [6.07, 6.45) is 40.4. The Hall–Kier alpha value is -1.47. The maximum Gasteiger partial charge on any atom is 0.469 e. The highest BCUT2D eigenvalue weighted by molar-refractivity contribution is 7.46. The van der Waals surface area contributed by atoms with E-state index in [0.29, 0.717) is 6.42 Å². The first kappa shape index (κ1) is 47.5. The van der Waals surface area contributed by atoms with E-state index in [1.165, 1.54) is 103 Å². The van der Waals surface area contributed by atoms with Gasteiger partial charge in [-0.1, -0.05) is 147 Å². The van der Waals surface area contributed by atoms with E-state index in [-0.39, 0.29) is 19.4 Å². The Morgan fingerprint density at radius 2 is 0.857 bits per heavy atom. The smallest absolute Gasteiger partial charge is 0.462 e. The number of carbonyl (C=O) groups excluding carboxylic acids is 2. The summed E-state index contributed by atoms with van der Waals surface area (Å²) in [5.41, 5.74) is 0. The van der Waals surface area contributed by atoms with Gasteiger partial charge in [-0.2, -0.15) is 0 Å². The largest absolute Gasteiger partial charge is 0.469 e. The minimum absolute atomic E-state index is 0.203. The Kier molecular flexibility index (Phi) is 35.2. The van der Waals surface area contributed by atoms with E-state index in [0.717, 1.165) is 64.2 Å². The van der Waals surface area contributed by atoms with Crippen molar-refractivity contribution >= 4 is 19.8 Å². The SMILES string of the molecule is CCCCCCC/C=C\CCCCCCCC(=O)O[C@H](COC(=O)CCCCCCCCC/C=C\CCCCCCCC)COP(=O)(O)O. The molecule has 0 aromatic rings. The maximum absolute atomic E-state index is 12.4. The molecule has 2 N–H and O–H groups in total. The zero-order valence-corrected chi connectivity index (χ0v) is 32.5. The van der Waals surface area contributed by atoms with Gasteiger partial charge in [-0.25, -0.2) is 4.57 Å². The summed E-state index contributed by atoms with van der Waals surface area (Å²) in [5, 5.41) is 0. The molecule has 0 aliphatic carbocycles. The van der Waals surface area contributed by atoms with Gasteiger partial charge in [0.25, 0.3) is 0 Å². The van der Waals surface area contributed by atoms with Crippen molar-refractivity contribution in [3.63, 3.8) is 0 Å². The molecule has 0 spiro atoms. The Labute approximate surface area is 300 Å². The molecule has 0 fully saturated rings.